The summed E-state index contributed by atoms with van der Waals surface area (Å²) in [7, 11) is 2.25. The first kappa shape index (κ1) is 6.13. The third-order valence-corrected chi connectivity index (χ3v) is 0.866. The van der Waals surface area contributed by atoms with Gasteiger partial charge in [-0.2, -0.15) is 0 Å². The molecule has 0 aromatic heterocycles. The molecule has 0 amide bonds. The van der Waals surface area contributed by atoms with Crippen LogP contribution in [0.2, 0.25) is 13.1 Å². The summed E-state index contributed by atoms with van der Waals surface area (Å²) < 4.78 is 0. The Morgan fingerprint density at radius 2 is 2.17 bits per heavy atom. The van der Waals surface area contributed by atoms with E-state index in [4.69, 9.17) is 0 Å². The molecule has 0 fully saturated rings. The lowest BCUT2D eigenvalue weighted by molar-refractivity contribution is 1.07. The fourth-order valence-corrected chi connectivity index (χ4v) is 0.577. The van der Waals surface area contributed by atoms with Crippen molar-refractivity contribution < 1.29 is 0 Å². The van der Waals surface area contributed by atoms with Crippen LogP contribution < -0.4 is 0 Å². The van der Waals surface area contributed by atoms with Crippen LogP contribution in [-0.4, -0.2) is 14.3 Å². The van der Waals surface area contributed by atoms with Gasteiger partial charge in [0, 0.05) is 0 Å². The minimum absolute atomic E-state index is 0.898. The van der Waals surface area contributed by atoms with Crippen molar-refractivity contribution in [1.29, 1.82) is 0 Å². The summed E-state index contributed by atoms with van der Waals surface area (Å²) in [6.07, 6.45) is 2.71. The Balaban J connectivity index is 2.63. The third-order valence-electron chi connectivity index (χ3n) is 0.866. The SMILES string of the molecule is BB(C)CCC. The minimum Gasteiger partial charge on any atom is -0.0927 e. The highest BCUT2D eigenvalue weighted by molar-refractivity contribution is 7.02. The molecule has 0 saturated carbocycles. The first-order valence-corrected chi connectivity index (χ1v) is 2.77. The van der Waals surface area contributed by atoms with Crippen molar-refractivity contribution in [1.82, 2.24) is 0 Å². The molecule has 6 heavy (non-hydrogen) atoms. The fourth-order valence-electron chi connectivity index (χ4n) is 0.577. The van der Waals surface area contributed by atoms with Gasteiger partial charge in [-0.25, -0.2) is 0 Å². The molecule has 2 heteroatoms. The predicted molar refractivity (Wildman–Crippen MR) is 35.3 cm³/mol. The van der Waals surface area contributed by atoms with Crippen LogP contribution in [-0.2, 0) is 0 Å². The molecule has 34 valence electrons. The molecule has 0 aliphatic carbocycles. The quantitative estimate of drug-likeness (QED) is 0.429. The monoisotopic (exact) mass is 82.1 g/mol. The molecule has 0 nitrogen and oxygen atoms in total. The van der Waals surface area contributed by atoms with Crippen LogP contribution in [0, 0.1) is 0 Å². The van der Waals surface area contributed by atoms with E-state index in [1.807, 2.05) is 0 Å². The Morgan fingerprint density at radius 1 is 1.67 bits per heavy atom. The van der Waals surface area contributed by atoms with Gasteiger partial charge in [0.25, 0.3) is 0 Å². The first-order valence-electron chi connectivity index (χ1n) is 2.77. The van der Waals surface area contributed by atoms with Crippen molar-refractivity contribution in [3.8, 4) is 0 Å². The largest absolute Gasteiger partial charge is 0.0968 e. The van der Waals surface area contributed by atoms with E-state index >= 15 is 0 Å². The van der Waals surface area contributed by atoms with E-state index in [0.717, 1.165) is 6.60 Å². The van der Waals surface area contributed by atoms with Gasteiger partial charge in [-0.1, -0.05) is 26.5 Å². The van der Waals surface area contributed by atoms with Crippen molar-refractivity contribution in [2.45, 2.75) is 26.5 Å². The van der Waals surface area contributed by atoms with Crippen LogP contribution in [0.3, 0.4) is 0 Å². The normalized spacial score (nSPS) is 8.33. The van der Waals surface area contributed by atoms with Crippen molar-refractivity contribution >= 4 is 14.3 Å². The smallest absolute Gasteiger partial charge is 0.0927 e. The maximum absolute atomic E-state index is 2.25. The third kappa shape index (κ3) is 4.13. The van der Waals surface area contributed by atoms with E-state index in [0.29, 0.717) is 0 Å². The molecule has 0 aromatic carbocycles. The van der Waals surface area contributed by atoms with Crippen LogP contribution in [0.1, 0.15) is 13.3 Å². The average Bonchev–Trinajstić information content (AvgIpc) is 1.35. The van der Waals surface area contributed by atoms with Gasteiger partial charge >= 0.3 is 0 Å². The fraction of sp³-hybridized carbons (Fsp3) is 1.00. The number of hydrogen-bond donors (Lipinski definition) is 0. The summed E-state index contributed by atoms with van der Waals surface area (Å²) >= 11 is 0. The molecule has 0 saturated heterocycles. The molecule has 0 rings (SSSR count). The Kier molecular flexibility index (Phi) is 3.40. The summed E-state index contributed by atoms with van der Waals surface area (Å²) in [5.74, 6) is 0. The van der Waals surface area contributed by atoms with Gasteiger partial charge in [0.15, 0.2) is 0 Å². The molecule has 0 radical (unpaired) electrons. The lowest BCUT2D eigenvalue weighted by atomic mass is 9.32. The van der Waals surface area contributed by atoms with Crippen LogP contribution >= 0.6 is 0 Å². The molecule has 0 heterocycles. The summed E-state index contributed by atoms with van der Waals surface area (Å²) in [6, 6.07) is 0. The van der Waals surface area contributed by atoms with Gasteiger partial charge in [-0.3, -0.25) is 0 Å². The van der Waals surface area contributed by atoms with Crippen molar-refractivity contribution in [3.05, 3.63) is 0 Å². The topological polar surface area (TPSA) is 0 Å². The highest BCUT2D eigenvalue weighted by Gasteiger charge is 1.91. The highest BCUT2D eigenvalue weighted by atomic mass is 13.6. The van der Waals surface area contributed by atoms with E-state index < -0.39 is 0 Å². The van der Waals surface area contributed by atoms with Crippen LogP contribution in [0.5, 0.6) is 0 Å². The van der Waals surface area contributed by atoms with E-state index in [1.165, 1.54) is 12.7 Å². The van der Waals surface area contributed by atoms with Gasteiger partial charge < -0.3 is 0 Å². The number of hydrogen-bond acceptors (Lipinski definition) is 0. The molecule has 0 aliphatic rings. The second-order valence-corrected chi connectivity index (χ2v) is 2.18. The molecule has 0 unspecified atom stereocenters. The Morgan fingerprint density at radius 3 is 2.17 bits per heavy atom. The second-order valence-electron chi connectivity index (χ2n) is 2.18. The zero-order valence-electron chi connectivity index (χ0n) is 4.99. The van der Waals surface area contributed by atoms with E-state index in [2.05, 4.69) is 21.5 Å². The van der Waals surface area contributed by atoms with Gasteiger partial charge in [-0.05, 0) is 0 Å². The molecule has 0 bridgehead atoms. The van der Waals surface area contributed by atoms with Crippen LogP contribution in [0.4, 0.5) is 0 Å². The molecule has 0 atom stereocenters. The molecular weight excluding hydrogens is 69.7 g/mol. The van der Waals surface area contributed by atoms with Crippen LogP contribution in [0.25, 0.3) is 0 Å². The van der Waals surface area contributed by atoms with Crippen molar-refractivity contribution in [2.24, 2.45) is 0 Å². The summed E-state index contributed by atoms with van der Waals surface area (Å²) in [4.78, 5) is 0. The highest BCUT2D eigenvalue weighted by Crippen LogP contribution is 1.89. The Bertz CT molecular complexity index is 26.7. The van der Waals surface area contributed by atoms with Crippen molar-refractivity contribution in [3.63, 3.8) is 0 Å². The van der Waals surface area contributed by atoms with Crippen LogP contribution in [0.15, 0.2) is 0 Å². The Hall–Kier alpha value is 0.130. The molecule has 0 aliphatic heterocycles. The van der Waals surface area contributed by atoms with E-state index in [9.17, 15) is 0 Å². The standard InChI is InChI=1S/C4H12B2/c1-3-4-6(2)5/h3-5H2,1-2H3. The molecular formula is C4H12B2. The first-order chi connectivity index (χ1) is 2.77. The molecule has 0 aromatic rings. The second kappa shape index (κ2) is 3.32. The average molecular weight is 81.8 g/mol. The maximum Gasteiger partial charge on any atom is 0.0968 e. The molecule has 0 N–H and O–H groups in total. The summed E-state index contributed by atoms with van der Waals surface area (Å²) in [5, 5.41) is 0. The summed E-state index contributed by atoms with van der Waals surface area (Å²) in [5.41, 5.74) is 0. The number of rotatable bonds is 2. The minimum atomic E-state index is 0.898. The zero-order valence-corrected chi connectivity index (χ0v) is 4.99. The maximum atomic E-state index is 2.25. The Labute approximate surface area is 41.8 Å². The lowest BCUT2D eigenvalue weighted by Gasteiger charge is -1.91. The zero-order chi connectivity index (χ0) is 4.99. The predicted octanol–water partition coefficient (Wildman–Crippen LogP) is 0.651. The van der Waals surface area contributed by atoms with Gasteiger partial charge in [0.1, 0.15) is 0 Å². The van der Waals surface area contributed by atoms with E-state index in [1.54, 1.807) is 0 Å². The van der Waals surface area contributed by atoms with Gasteiger partial charge in [-0.15, -0.1) is 0 Å². The van der Waals surface area contributed by atoms with Crippen molar-refractivity contribution in [2.75, 3.05) is 0 Å². The lowest BCUT2D eigenvalue weighted by Crippen LogP contribution is -2.03. The van der Waals surface area contributed by atoms with Gasteiger partial charge in [0.2, 0.25) is 0 Å². The summed E-state index contributed by atoms with van der Waals surface area (Å²) in [6.45, 7) is 5.37. The van der Waals surface area contributed by atoms with E-state index in [-0.39, 0.29) is 0 Å². The van der Waals surface area contributed by atoms with Gasteiger partial charge in [0.05, 0.1) is 14.3 Å². The molecule has 0 spiro atoms.